The molecule has 0 radical (unpaired) electrons. The Morgan fingerprint density at radius 1 is 1.37 bits per heavy atom. The smallest absolute Gasteiger partial charge is 0.333 e. The standard InChI is InChI=1S/C12H18N2O5/c1-18-9-7-13(6-8-15)10-4-3-5-11(19-2)12(10)14(16)17/h3-5,15H,6-9H2,1-2H3. The van der Waals surface area contributed by atoms with Crippen LogP contribution in [0.2, 0.25) is 0 Å². The minimum Gasteiger partial charge on any atom is -0.490 e. The molecule has 0 aliphatic heterocycles. The minimum absolute atomic E-state index is 0.0991. The maximum absolute atomic E-state index is 11.2. The van der Waals surface area contributed by atoms with Gasteiger partial charge < -0.3 is 19.5 Å². The number of aliphatic hydroxyl groups excluding tert-OH is 1. The summed E-state index contributed by atoms with van der Waals surface area (Å²) in [5, 5.41) is 20.3. The Hall–Kier alpha value is -1.86. The van der Waals surface area contributed by atoms with Gasteiger partial charge in [-0.05, 0) is 12.1 Å². The average Bonchev–Trinajstić information content (AvgIpc) is 2.42. The molecule has 0 bridgehead atoms. The first-order chi connectivity index (χ1) is 9.15. The lowest BCUT2D eigenvalue weighted by atomic mass is 10.2. The van der Waals surface area contributed by atoms with Crippen LogP contribution in [0.1, 0.15) is 0 Å². The first kappa shape index (κ1) is 15.2. The molecule has 0 fully saturated rings. The van der Waals surface area contributed by atoms with Gasteiger partial charge in [-0.25, -0.2) is 0 Å². The van der Waals surface area contributed by atoms with Crippen LogP contribution in [0.4, 0.5) is 11.4 Å². The number of para-hydroxylation sites is 1. The number of nitro benzene ring substituents is 1. The fraction of sp³-hybridized carbons (Fsp3) is 0.500. The van der Waals surface area contributed by atoms with Crippen LogP contribution in [0.3, 0.4) is 0 Å². The third kappa shape index (κ3) is 3.80. The summed E-state index contributed by atoms with van der Waals surface area (Å²) in [5.74, 6) is 0.197. The number of anilines is 1. The molecular formula is C12H18N2O5. The number of ether oxygens (including phenoxy) is 2. The highest BCUT2D eigenvalue weighted by Gasteiger charge is 2.24. The summed E-state index contributed by atoms with van der Waals surface area (Å²) in [6.45, 7) is 1.05. The van der Waals surface area contributed by atoms with Crippen LogP contribution < -0.4 is 9.64 Å². The fourth-order valence-electron chi connectivity index (χ4n) is 1.79. The number of hydrogen-bond donors (Lipinski definition) is 1. The second-order valence-electron chi connectivity index (χ2n) is 3.79. The van der Waals surface area contributed by atoms with Gasteiger partial charge >= 0.3 is 5.69 Å². The normalized spacial score (nSPS) is 10.3. The van der Waals surface area contributed by atoms with E-state index in [9.17, 15) is 10.1 Å². The van der Waals surface area contributed by atoms with E-state index in [0.29, 0.717) is 18.8 Å². The molecule has 0 amide bonds. The summed E-state index contributed by atoms with van der Waals surface area (Å²) in [4.78, 5) is 12.4. The van der Waals surface area contributed by atoms with E-state index in [-0.39, 0.29) is 24.6 Å². The van der Waals surface area contributed by atoms with Crippen LogP contribution in [0.25, 0.3) is 0 Å². The van der Waals surface area contributed by atoms with Crippen molar-refractivity contribution in [1.29, 1.82) is 0 Å². The summed E-state index contributed by atoms with van der Waals surface area (Å²) in [7, 11) is 2.94. The van der Waals surface area contributed by atoms with E-state index in [2.05, 4.69) is 0 Å². The Morgan fingerprint density at radius 2 is 2.11 bits per heavy atom. The lowest BCUT2D eigenvalue weighted by molar-refractivity contribution is -0.385. The molecule has 1 aromatic carbocycles. The van der Waals surface area contributed by atoms with Gasteiger partial charge in [-0.3, -0.25) is 10.1 Å². The van der Waals surface area contributed by atoms with E-state index in [1.807, 2.05) is 0 Å². The van der Waals surface area contributed by atoms with Crippen LogP contribution in [-0.4, -0.2) is 50.6 Å². The van der Waals surface area contributed by atoms with Crippen LogP contribution >= 0.6 is 0 Å². The van der Waals surface area contributed by atoms with E-state index < -0.39 is 4.92 Å². The zero-order chi connectivity index (χ0) is 14.3. The lowest BCUT2D eigenvalue weighted by Gasteiger charge is -2.23. The second-order valence-corrected chi connectivity index (χ2v) is 3.79. The Labute approximate surface area is 111 Å². The molecule has 0 aliphatic carbocycles. The summed E-state index contributed by atoms with van der Waals surface area (Å²) in [6.07, 6.45) is 0. The van der Waals surface area contributed by atoms with Crippen LogP contribution in [-0.2, 0) is 4.74 Å². The zero-order valence-electron chi connectivity index (χ0n) is 11.0. The first-order valence-corrected chi connectivity index (χ1v) is 5.81. The zero-order valence-corrected chi connectivity index (χ0v) is 11.0. The number of nitro groups is 1. The Morgan fingerprint density at radius 3 is 2.63 bits per heavy atom. The predicted molar refractivity (Wildman–Crippen MR) is 70.8 cm³/mol. The molecule has 7 heteroatoms. The monoisotopic (exact) mass is 270 g/mol. The third-order valence-corrected chi connectivity index (χ3v) is 2.66. The largest absolute Gasteiger partial charge is 0.490 e. The van der Waals surface area contributed by atoms with Crippen molar-refractivity contribution in [3.8, 4) is 5.75 Å². The van der Waals surface area contributed by atoms with E-state index in [1.165, 1.54) is 13.2 Å². The number of nitrogens with zero attached hydrogens (tertiary/aromatic N) is 2. The topological polar surface area (TPSA) is 85.1 Å². The number of hydrogen-bond acceptors (Lipinski definition) is 6. The molecule has 1 aromatic rings. The molecule has 0 spiro atoms. The molecular weight excluding hydrogens is 252 g/mol. The quantitative estimate of drug-likeness (QED) is 0.561. The molecule has 106 valence electrons. The molecule has 0 heterocycles. The Kier molecular flexibility index (Phi) is 6.04. The second kappa shape index (κ2) is 7.55. The van der Waals surface area contributed by atoms with Gasteiger partial charge in [0.2, 0.25) is 0 Å². The van der Waals surface area contributed by atoms with Crippen molar-refractivity contribution in [2.75, 3.05) is 45.4 Å². The summed E-state index contributed by atoms with van der Waals surface area (Å²) in [5.41, 5.74) is 0.310. The summed E-state index contributed by atoms with van der Waals surface area (Å²) >= 11 is 0. The Bertz CT molecular complexity index is 425. The lowest BCUT2D eigenvalue weighted by Crippen LogP contribution is -2.30. The highest BCUT2D eigenvalue weighted by Crippen LogP contribution is 2.36. The first-order valence-electron chi connectivity index (χ1n) is 5.81. The van der Waals surface area contributed by atoms with Crippen LogP contribution in [0, 0.1) is 10.1 Å². The van der Waals surface area contributed by atoms with Crippen molar-refractivity contribution in [2.24, 2.45) is 0 Å². The van der Waals surface area contributed by atoms with Gasteiger partial charge in [-0.2, -0.15) is 0 Å². The molecule has 19 heavy (non-hydrogen) atoms. The van der Waals surface area contributed by atoms with Crippen molar-refractivity contribution in [3.63, 3.8) is 0 Å². The molecule has 1 N–H and O–H groups in total. The van der Waals surface area contributed by atoms with Crippen molar-refractivity contribution in [1.82, 2.24) is 0 Å². The molecule has 7 nitrogen and oxygen atoms in total. The number of benzene rings is 1. The fourth-order valence-corrected chi connectivity index (χ4v) is 1.79. The third-order valence-electron chi connectivity index (χ3n) is 2.66. The molecule has 0 atom stereocenters. The van der Waals surface area contributed by atoms with Gasteiger partial charge in [-0.1, -0.05) is 6.07 Å². The maximum Gasteiger partial charge on any atom is 0.333 e. The van der Waals surface area contributed by atoms with Gasteiger partial charge in [0.15, 0.2) is 5.75 Å². The predicted octanol–water partition coefficient (Wildman–Crippen LogP) is 1.05. The van der Waals surface area contributed by atoms with Crippen molar-refractivity contribution in [2.45, 2.75) is 0 Å². The summed E-state index contributed by atoms with van der Waals surface area (Å²) < 4.78 is 9.99. The molecule has 0 saturated carbocycles. The highest BCUT2D eigenvalue weighted by atomic mass is 16.6. The molecule has 0 aromatic heterocycles. The van der Waals surface area contributed by atoms with Gasteiger partial charge in [0, 0.05) is 20.2 Å². The van der Waals surface area contributed by atoms with Crippen molar-refractivity contribution >= 4 is 11.4 Å². The maximum atomic E-state index is 11.2. The molecule has 1 rings (SSSR count). The van der Waals surface area contributed by atoms with Crippen molar-refractivity contribution in [3.05, 3.63) is 28.3 Å². The Balaban J connectivity index is 3.16. The van der Waals surface area contributed by atoms with Gasteiger partial charge in [-0.15, -0.1) is 0 Å². The van der Waals surface area contributed by atoms with Crippen LogP contribution in [0.15, 0.2) is 18.2 Å². The van der Waals surface area contributed by atoms with E-state index in [0.717, 1.165) is 0 Å². The number of methoxy groups -OCH3 is 2. The van der Waals surface area contributed by atoms with Crippen molar-refractivity contribution < 1.29 is 19.5 Å². The molecule has 0 unspecified atom stereocenters. The SMILES string of the molecule is COCCN(CCO)c1cccc(OC)c1[N+](=O)[O-]. The van der Waals surface area contributed by atoms with Gasteiger partial charge in [0.05, 0.1) is 25.2 Å². The number of rotatable bonds is 8. The number of aliphatic hydroxyl groups is 1. The van der Waals surface area contributed by atoms with Crippen LogP contribution in [0.5, 0.6) is 5.75 Å². The van der Waals surface area contributed by atoms with Gasteiger partial charge in [0.25, 0.3) is 0 Å². The molecule has 0 aliphatic rings. The van der Waals surface area contributed by atoms with E-state index in [4.69, 9.17) is 14.6 Å². The van der Waals surface area contributed by atoms with E-state index in [1.54, 1.807) is 24.1 Å². The van der Waals surface area contributed by atoms with Gasteiger partial charge in [0.1, 0.15) is 5.69 Å². The highest BCUT2D eigenvalue weighted by molar-refractivity contribution is 5.69. The summed E-state index contributed by atoms with van der Waals surface area (Å²) in [6, 6.07) is 4.85. The minimum atomic E-state index is -0.481. The van der Waals surface area contributed by atoms with E-state index >= 15 is 0 Å². The average molecular weight is 270 g/mol. The molecule has 0 saturated heterocycles.